The zero-order valence-electron chi connectivity index (χ0n) is 16.9. The normalized spacial score (nSPS) is 13.5. The Labute approximate surface area is 182 Å². The number of anilines is 1. The first kappa shape index (κ1) is 20.8. The minimum absolute atomic E-state index is 0.0899. The van der Waals surface area contributed by atoms with Gasteiger partial charge in [-0.1, -0.05) is 60.7 Å². The molecule has 1 aliphatic heterocycles. The Balaban J connectivity index is 1.40. The summed E-state index contributed by atoms with van der Waals surface area (Å²) in [4.78, 5) is 16.7. The Hall–Kier alpha value is -3.45. The molecule has 31 heavy (non-hydrogen) atoms. The number of nitrogens with one attached hydrogen (secondary N) is 2. The number of rotatable bonds is 6. The molecular formula is C24H23N3O3S. The number of amidine groups is 1. The molecule has 3 aromatic carbocycles. The van der Waals surface area contributed by atoms with Crippen molar-refractivity contribution in [2.75, 3.05) is 11.9 Å². The molecule has 0 aliphatic carbocycles. The third-order valence-corrected chi connectivity index (χ3v) is 6.36. The van der Waals surface area contributed by atoms with Gasteiger partial charge < -0.3 is 5.32 Å². The predicted molar refractivity (Wildman–Crippen MR) is 123 cm³/mol. The average molecular weight is 434 g/mol. The number of amides is 1. The quantitative estimate of drug-likeness (QED) is 0.616. The molecule has 0 unspecified atom stereocenters. The number of carbonyl (C=O) groups excluding carboxylic acids is 1. The van der Waals surface area contributed by atoms with Gasteiger partial charge in [0.25, 0.3) is 10.0 Å². The van der Waals surface area contributed by atoms with Crippen LogP contribution in [-0.2, 0) is 21.2 Å². The highest BCUT2D eigenvalue weighted by atomic mass is 32.2. The van der Waals surface area contributed by atoms with Gasteiger partial charge in [-0.2, -0.15) is 0 Å². The summed E-state index contributed by atoms with van der Waals surface area (Å²) in [6, 6.07) is 24.1. The lowest BCUT2D eigenvalue weighted by molar-refractivity contribution is -0.115. The fourth-order valence-corrected chi connectivity index (χ4v) is 4.55. The molecule has 1 amide bonds. The van der Waals surface area contributed by atoms with Crippen LogP contribution < -0.4 is 10.0 Å². The fraction of sp³-hybridized carbons (Fsp3) is 0.167. The minimum Gasteiger partial charge on any atom is -0.326 e. The van der Waals surface area contributed by atoms with Gasteiger partial charge in [0.1, 0.15) is 5.84 Å². The van der Waals surface area contributed by atoms with Crippen LogP contribution in [0.25, 0.3) is 11.1 Å². The number of nitrogens with zero attached hydrogens (tertiary/aromatic N) is 1. The van der Waals surface area contributed by atoms with E-state index in [1.165, 1.54) is 12.1 Å². The Bertz CT molecular complexity index is 1200. The highest BCUT2D eigenvalue weighted by Gasteiger charge is 2.18. The second kappa shape index (κ2) is 9.14. The molecule has 158 valence electrons. The third kappa shape index (κ3) is 5.38. The van der Waals surface area contributed by atoms with Crippen molar-refractivity contribution in [1.82, 2.24) is 4.72 Å². The summed E-state index contributed by atoms with van der Waals surface area (Å²) in [6.07, 6.45) is 1.67. The molecule has 1 aliphatic rings. The molecule has 3 aromatic rings. The van der Waals surface area contributed by atoms with Crippen LogP contribution in [0.5, 0.6) is 0 Å². The summed E-state index contributed by atoms with van der Waals surface area (Å²) in [5, 5.41) is 2.78. The molecule has 0 saturated heterocycles. The number of sulfonamides is 1. The van der Waals surface area contributed by atoms with Crippen LogP contribution in [0.1, 0.15) is 18.4 Å². The molecule has 0 saturated carbocycles. The maximum atomic E-state index is 12.6. The first-order valence-electron chi connectivity index (χ1n) is 10.1. The smallest absolute Gasteiger partial charge is 0.262 e. The van der Waals surface area contributed by atoms with Crippen molar-refractivity contribution >= 4 is 27.5 Å². The van der Waals surface area contributed by atoms with Gasteiger partial charge in [0.15, 0.2) is 0 Å². The van der Waals surface area contributed by atoms with Crippen molar-refractivity contribution in [1.29, 1.82) is 0 Å². The SMILES string of the molecule is O=C(Cc1ccc(-c2ccccc2)cc1)Nc1cccc(S(=O)(=O)NC2=NCCC2)c1. The molecular weight excluding hydrogens is 410 g/mol. The lowest BCUT2D eigenvalue weighted by atomic mass is 10.0. The molecule has 4 rings (SSSR count). The van der Waals surface area contributed by atoms with Crippen LogP contribution >= 0.6 is 0 Å². The zero-order valence-corrected chi connectivity index (χ0v) is 17.7. The van der Waals surface area contributed by atoms with E-state index in [4.69, 9.17) is 0 Å². The Morgan fingerprint density at radius 3 is 2.35 bits per heavy atom. The van der Waals surface area contributed by atoms with Crippen LogP contribution in [-0.4, -0.2) is 26.7 Å². The molecule has 6 nitrogen and oxygen atoms in total. The number of hydrogen-bond donors (Lipinski definition) is 2. The lowest BCUT2D eigenvalue weighted by Crippen LogP contribution is -2.29. The van der Waals surface area contributed by atoms with Crippen LogP contribution in [0.2, 0.25) is 0 Å². The third-order valence-electron chi connectivity index (χ3n) is 4.98. The molecule has 1 heterocycles. The van der Waals surface area contributed by atoms with Crippen LogP contribution in [0.3, 0.4) is 0 Å². The van der Waals surface area contributed by atoms with Crippen molar-refractivity contribution in [3.8, 4) is 11.1 Å². The van der Waals surface area contributed by atoms with Gasteiger partial charge in [-0.15, -0.1) is 0 Å². The zero-order chi connectivity index (χ0) is 21.7. The second-order valence-electron chi connectivity index (χ2n) is 7.35. The summed E-state index contributed by atoms with van der Waals surface area (Å²) in [7, 11) is -3.72. The van der Waals surface area contributed by atoms with Gasteiger partial charge in [-0.05, 0) is 41.3 Å². The number of carbonyl (C=O) groups is 1. The van der Waals surface area contributed by atoms with Gasteiger partial charge in [-0.3, -0.25) is 14.5 Å². The maximum absolute atomic E-state index is 12.6. The van der Waals surface area contributed by atoms with Gasteiger partial charge >= 0.3 is 0 Å². The lowest BCUT2D eigenvalue weighted by Gasteiger charge is -2.10. The van der Waals surface area contributed by atoms with E-state index >= 15 is 0 Å². The fourth-order valence-electron chi connectivity index (χ4n) is 3.41. The number of hydrogen-bond acceptors (Lipinski definition) is 4. The Morgan fingerprint density at radius 1 is 0.903 bits per heavy atom. The Kier molecular flexibility index (Phi) is 6.13. The summed E-state index contributed by atoms with van der Waals surface area (Å²) in [6.45, 7) is 0.639. The molecule has 7 heteroatoms. The van der Waals surface area contributed by atoms with Crippen LogP contribution in [0.4, 0.5) is 5.69 Å². The van der Waals surface area contributed by atoms with Crippen molar-refractivity contribution in [2.45, 2.75) is 24.2 Å². The van der Waals surface area contributed by atoms with E-state index < -0.39 is 10.0 Å². The van der Waals surface area contributed by atoms with E-state index in [0.29, 0.717) is 24.5 Å². The molecule has 0 bridgehead atoms. The van der Waals surface area contributed by atoms with Crippen molar-refractivity contribution in [3.63, 3.8) is 0 Å². The minimum atomic E-state index is -3.72. The summed E-state index contributed by atoms with van der Waals surface area (Å²) >= 11 is 0. The van der Waals surface area contributed by atoms with E-state index in [1.54, 1.807) is 12.1 Å². The molecule has 0 spiro atoms. The number of benzene rings is 3. The maximum Gasteiger partial charge on any atom is 0.262 e. The van der Waals surface area contributed by atoms with Crippen LogP contribution in [0.15, 0.2) is 88.8 Å². The second-order valence-corrected chi connectivity index (χ2v) is 9.04. The van der Waals surface area contributed by atoms with Gasteiger partial charge in [0.05, 0.1) is 11.3 Å². The Morgan fingerprint density at radius 2 is 1.65 bits per heavy atom. The standard InChI is InChI=1S/C24H23N3O3S/c28-24(16-18-11-13-20(14-12-18)19-6-2-1-3-7-19)26-21-8-4-9-22(17-21)31(29,30)27-23-10-5-15-25-23/h1-4,6-9,11-14,17H,5,10,15-16H2,(H,25,27)(H,26,28). The van der Waals surface area contributed by atoms with Crippen molar-refractivity contribution in [2.24, 2.45) is 4.99 Å². The molecule has 0 fully saturated rings. The van der Waals surface area contributed by atoms with E-state index in [0.717, 1.165) is 23.1 Å². The molecule has 2 N–H and O–H groups in total. The highest BCUT2D eigenvalue weighted by molar-refractivity contribution is 7.90. The largest absolute Gasteiger partial charge is 0.326 e. The summed E-state index contributed by atoms with van der Waals surface area (Å²) < 4.78 is 27.6. The number of aliphatic imine (C=N–C) groups is 1. The molecule has 0 aromatic heterocycles. The topological polar surface area (TPSA) is 87.6 Å². The van der Waals surface area contributed by atoms with E-state index in [2.05, 4.69) is 15.0 Å². The molecule has 0 radical (unpaired) electrons. The van der Waals surface area contributed by atoms with Crippen molar-refractivity contribution in [3.05, 3.63) is 84.4 Å². The van der Waals surface area contributed by atoms with Gasteiger partial charge in [-0.25, -0.2) is 8.42 Å². The van der Waals surface area contributed by atoms with E-state index in [9.17, 15) is 13.2 Å². The van der Waals surface area contributed by atoms with Gasteiger partial charge in [0, 0.05) is 18.7 Å². The van der Waals surface area contributed by atoms with Gasteiger partial charge in [0.2, 0.25) is 5.91 Å². The van der Waals surface area contributed by atoms with E-state index in [-0.39, 0.29) is 17.2 Å². The average Bonchev–Trinajstić information content (AvgIpc) is 3.27. The first-order valence-corrected chi connectivity index (χ1v) is 11.6. The van der Waals surface area contributed by atoms with Crippen LogP contribution in [0, 0.1) is 0 Å². The highest BCUT2D eigenvalue weighted by Crippen LogP contribution is 2.20. The summed E-state index contributed by atoms with van der Waals surface area (Å²) in [5.74, 6) is 0.267. The predicted octanol–water partition coefficient (Wildman–Crippen LogP) is 4.01. The van der Waals surface area contributed by atoms with E-state index in [1.807, 2.05) is 54.6 Å². The first-order chi connectivity index (χ1) is 15.0. The summed E-state index contributed by atoms with van der Waals surface area (Å²) in [5.41, 5.74) is 3.51. The van der Waals surface area contributed by atoms with Crippen molar-refractivity contribution < 1.29 is 13.2 Å². The molecule has 0 atom stereocenters. The monoisotopic (exact) mass is 433 g/mol.